The Morgan fingerprint density at radius 2 is 1.67 bits per heavy atom. The van der Waals surface area contributed by atoms with Crippen LogP contribution in [0.2, 0.25) is 0 Å². The van der Waals surface area contributed by atoms with Crippen molar-refractivity contribution in [3.63, 3.8) is 0 Å². The Hall–Kier alpha value is -2.54. The number of nitrogens with zero attached hydrogens (tertiary/aromatic N) is 1. The molecule has 286 valence electrons. The van der Waals surface area contributed by atoms with Crippen molar-refractivity contribution >= 4 is 17.7 Å². The molecule has 0 aromatic carbocycles. The van der Waals surface area contributed by atoms with Crippen LogP contribution in [0, 0.1) is 56.2 Å². The number of Topliss-reactive ketones (excluding diaryl/α,β-unsaturated/α-hetero) is 1. The molecular weight excluding hydrogens is 649 g/mol. The zero-order chi connectivity index (χ0) is 37.7. The maximum atomic E-state index is 14.1. The van der Waals surface area contributed by atoms with Crippen molar-refractivity contribution in [3.05, 3.63) is 41.2 Å². The first-order valence-corrected chi connectivity index (χ1v) is 20.6. The Balaban J connectivity index is 1.13. The first-order chi connectivity index (χ1) is 24.3. The van der Waals surface area contributed by atoms with Crippen LogP contribution in [0.3, 0.4) is 0 Å². The predicted molar refractivity (Wildman–Crippen MR) is 203 cm³/mol. The number of ether oxygens (including phenoxy) is 1. The van der Waals surface area contributed by atoms with Crippen molar-refractivity contribution in [2.45, 2.75) is 157 Å². The molecule has 6 aliphatic rings. The van der Waals surface area contributed by atoms with Crippen LogP contribution in [0.1, 0.15) is 151 Å². The summed E-state index contributed by atoms with van der Waals surface area (Å²) in [7, 11) is 0. The smallest absolute Gasteiger partial charge is 0.309 e. The van der Waals surface area contributed by atoms with Gasteiger partial charge < -0.3 is 15.2 Å². The molecule has 5 fully saturated rings. The largest absolute Gasteiger partial charge is 0.481 e. The minimum Gasteiger partial charge on any atom is -0.481 e. The Labute approximate surface area is 312 Å². The highest BCUT2D eigenvalue weighted by molar-refractivity contribution is 6.00. The molecule has 5 saturated carbocycles. The summed E-state index contributed by atoms with van der Waals surface area (Å²) in [6.45, 7) is 21.0. The van der Waals surface area contributed by atoms with Crippen molar-refractivity contribution in [2.75, 3.05) is 6.54 Å². The minimum absolute atomic E-state index is 0.00571. The average molecular weight is 715 g/mol. The van der Waals surface area contributed by atoms with Gasteiger partial charge in [-0.05, 0) is 149 Å². The zero-order valence-electron chi connectivity index (χ0n) is 33.6. The third kappa shape index (κ3) is 5.58. The van der Waals surface area contributed by atoms with Crippen molar-refractivity contribution in [3.8, 4) is 0 Å². The molecule has 7 rings (SSSR count). The van der Waals surface area contributed by atoms with E-state index in [2.05, 4.69) is 65.9 Å². The number of hydrogen-bond acceptors (Lipinski definition) is 6. The highest BCUT2D eigenvalue weighted by atomic mass is 16.5. The highest BCUT2D eigenvalue weighted by Crippen LogP contribution is 2.77. The Morgan fingerprint density at radius 1 is 0.942 bits per heavy atom. The summed E-state index contributed by atoms with van der Waals surface area (Å²) in [5, 5.41) is 13.6. The topological polar surface area (TPSA) is 106 Å². The zero-order valence-corrected chi connectivity index (χ0v) is 33.6. The van der Waals surface area contributed by atoms with Crippen LogP contribution in [0.25, 0.3) is 0 Å². The van der Waals surface area contributed by atoms with Gasteiger partial charge in [0.2, 0.25) is 0 Å². The fourth-order valence-corrected chi connectivity index (χ4v) is 13.7. The number of carbonyl (C=O) groups excluding carboxylic acids is 2. The summed E-state index contributed by atoms with van der Waals surface area (Å²) in [4.78, 5) is 43.7. The summed E-state index contributed by atoms with van der Waals surface area (Å²) in [5.74, 6) is 0.680. The predicted octanol–water partition coefficient (Wildman–Crippen LogP) is 9.44. The summed E-state index contributed by atoms with van der Waals surface area (Å²) in [6.07, 6.45) is 14.2. The maximum Gasteiger partial charge on any atom is 0.309 e. The lowest BCUT2D eigenvalue weighted by Crippen LogP contribution is -2.65. The molecule has 52 heavy (non-hydrogen) atoms. The van der Waals surface area contributed by atoms with Gasteiger partial charge in [0.25, 0.3) is 0 Å². The van der Waals surface area contributed by atoms with Gasteiger partial charge in [0.1, 0.15) is 6.10 Å². The van der Waals surface area contributed by atoms with Gasteiger partial charge in [-0.15, -0.1) is 0 Å². The number of hydrogen-bond donors (Lipinski definition) is 2. The third-order valence-corrected chi connectivity index (χ3v) is 16.9. The molecule has 1 heterocycles. The fraction of sp³-hybridized carbons (Fsp3) is 0.778. The van der Waals surface area contributed by atoms with Gasteiger partial charge in [-0.1, -0.05) is 60.1 Å². The quantitative estimate of drug-likeness (QED) is 0.233. The Bertz CT molecular complexity index is 1640. The average Bonchev–Trinajstić information content (AvgIpc) is 3.79. The molecule has 0 aliphatic heterocycles. The van der Waals surface area contributed by atoms with Crippen LogP contribution in [-0.4, -0.2) is 40.5 Å². The molecule has 2 N–H and O–H groups in total. The molecule has 0 bridgehead atoms. The van der Waals surface area contributed by atoms with E-state index < -0.39 is 17.4 Å². The van der Waals surface area contributed by atoms with Gasteiger partial charge in [-0.2, -0.15) is 0 Å². The first kappa shape index (κ1) is 37.8. The number of carbonyl (C=O) groups is 3. The number of esters is 1. The maximum absolute atomic E-state index is 14.1. The molecule has 0 spiro atoms. The number of allylic oxidation sites excluding steroid dienone is 2. The number of carboxylic acid groups (broad SMARTS) is 1. The van der Waals surface area contributed by atoms with E-state index in [1.54, 1.807) is 19.4 Å². The summed E-state index contributed by atoms with van der Waals surface area (Å²) in [6, 6.07) is 6.24. The molecule has 7 heteroatoms. The number of carboxylic acids is 1. The Kier molecular flexibility index (Phi) is 9.07. The normalized spacial score (nSPS) is 38.9. The van der Waals surface area contributed by atoms with E-state index >= 15 is 0 Å². The van der Waals surface area contributed by atoms with E-state index in [1.165, 1.54) is 18.4 Å². The standard InChI is InChI=1S/C45H66N2O5/c1-28(2)36-30(48)26-44(23-25-47-45(21-22-45)33-12-10-11-24-46-33)20-19-42(8)29(37(36)44)13-14-32-41(7)17-16-34(52-35(49)27-39(3,4)38(50)51)40(5,6)31(41)15-18-43(32,42)9/h10-12,24,28-29,31-32,34,47H,13-23,25-27H2,1-9H3,(H,50,51)/t29-,31+,32-,34+,41+,42-,43-,44?/m1/s1. The molecule has 1 aromatic heterocycles. The summed E-state index contributed by atoms with van der Waals surface area (Å²) < 4.78 is 6.19. The number of aliphatic carboxylic acids is 1. The number of ketones is 1. The van der Waals surface area contributed by atoms with Crippen molar-refractivity contribution in [1.29, 1.82) is 0 Å². The molecule has 0 saturated heterocycles. The number of fused-ring (bicyclic) bond motifs is 7. The van der Waals surface area contributed by atoms with E-state index in [9.17, 15) is 19.5 Å². The molecule has 0 amide bonds. The van der Waals surface area contributed by atoms with Crippen molar-refractivity contribution in [2.24, 2.45) is 56.2 Å². The number of nitrogens with one attached hydrogen (secondary N) is 1. The van der Waals surface area contributed by atoms with Crippen LogP contribution in [-0.2, 0) is 24.7 Å². The number of rotatable bonds is 10. The van der Waals surface area contributed by atoms with Gasteiger partial charge in [0, 0.05) is 23.4 Å². The van der Waals surface area contributed by atoms with Crippen LogP contribution in [0.15, 0.2) is 35.5 Å². The van der Waals surface area contributed by atoms with Crippen LogP contribution < -0.4 is 5.32 Å². The molecular formula is C45H66N2O5. The van der Waals surface area contributed by atoms with Crippen LogP contribution >= 0.6 is 0 Å². The lowest BCUT2D eigenvalue weighted by molar-refractivity contribution is -0.233. The van der Waals surface area contributed by atoms with Crippen molar-refractivity contribution < 1.29 is 24.2 Å². The summed E-state index contributed by atoms with van der Waals surface area (Å²) in [5.41, 5.74) is 2.85. The van der Waals surface area contributed by atoms with Crippen LogP contribution in [0.4, 0.5) is 0 Å². The molecule has 6 aliphatic carbocycles. The van der Waals surface area contributed by atoms with E-state index in [-0.39, 0.29) is 51.1 Å². The molecule has 0 radical (unpaired) electrons. The monoisotopic (exact) mass is 714 g/mol. The first-order valence-electron chi connectivity index (χ1n) is 20.6. The lowest BCUT2D eigenvalue weighted by Gasteiger charge is -2.72. The molecule has 8 atom stereocenters. The van der Waals surface area contributed by atoms with Gasteiger partial charge in [-0.3, -0.25) is 19.4 Å². The van der Waals surface area contributed by atoms with Gasteiger partial charge in [0.05, 0.1) is 23.1 Å². The van der Waals surface area contributed by atoms with Gasteiger partial charge in [0.15, 0.2) is 5.78 Å². The van der Waals surface area contributed by atoms with E-state index in [0.29, 0.717) is 30.0 Å². The van der Waals surface area contributed by atoms with E-state index in [1.807, 2.05) is 12.3 Å². The number of pyridine rings is 1. The minimum atomic E-state index is -1.15. The third-order valence-electron chi connectivity index (χ3n) is 16.9. The van der Waals surface area contributed by atoms with Gasteiger partial charge in [-0.25, -0.2) is 0 Å². The van der Waals surface area contributed by atoms with Crippen molar-refractivity contribution in [1.82, 2.24) is 10.3 Å². The van der Waals surface area contributed by atoms with E-state index in [0.717, 1.165) is 70.0 Å². The second-order valence-electron chi connectivity index (χ2n) is 20.7. The highest BCUT2D eigenvalue weighted by Gasteiger charge is 2.70. The second-order valence-corrected chi connectivity index (χ2v) is 20.7. The lowest BCUT2D eigenvalue weighted by atomic mass is 9.33. The van der Waals surface area contributed by atoms with Gasteiger partial charge >= 0.3 is 11.9 Å². The molecule has 1 unspecified atom stereocenters. The SMILES string of the molecule is CC(C)C1=C2[C@H]3CC[C@@H]4[C@@]5(C)CC[C@H](OC(=O)CC(C)(C)C(=O)O)C(C)(C)[C@@H]5CC[C@@]4(C)[C@]3(C)CCC2(CCNC2(c3ccccn3)CC2)CC1=O. The molecule has 7 nitrogen and oxygen atoms in total. The number of aromatic nitrogens is 1. The fourth-order valence-electron chi connectivity index (χ4n) is 13.7. The van der Waals surface area contributed by atoms with Crippen LogP contribution in [0.5, 0.6) is 0 Å². The molecule has 1 aromatic rings. The van der Waals surface area contributed by atoms with E-state index in [4.69, 9.17) is 9.72 Å². The Morgan fingerprint density at radius 3 is 2.31 bits per heavy atom. The second kappa shape index (κ2) is 12.5. The summed E-state index contributed by atoms with van der Waals surface area (Å²) >= 11 is 0.